The molecule has 0 nitrogen and oxygen atoms in total. The average molecular weight is 250 g/mol. The molecule has 0 N–H and O–H groups in total. The molecule has 88 valence electrons. The van der Waals surface area contributed by atoms with E-state index in [9.17, 15) is 0 Å². The van der Waals surface area contributed by atoms with Crippen LogP contribution < -0.4 is 0 Å². The van der Waals surface area contributed by atoms with Crippen LogP contribution in [-0.2, 0) is 0 Å². The van der Waals surface area contributed by atoms with Gasteiger partial charge in [0.15, 0.2) is 0 Å². The summed E-state index contributed by atoms with van der Waals surface area (Å²) in [6, 6.07) is 23.5. The predicted molar refractivity (Wildman–Crippen MR) is 79.9 cm³/mol. The fourth-order valence-corrected chi connectivity index (χ4v) is 3.18. The molecule has 0 amide bonds. The Morgan fingerprint density at radius 2 is 1.28 bits per heavy atom. The zero-order chi connectivity index (χ0) is 12.4. The van der Waals surface area contributed by atoms with Crippen LogP contribution in [0, 0.1) is 6.92 Å². The predicted octanol–water partition coefficient (Wildman–Crippen LogP) is 5.39. The highest BCUT2D eigenvalue weighted by atomic mass is 32.1. The van der Waals surface area contributed by atoms with E-state index in [1.54, 1.807) is 0 Å². The number of benzene rings is 2. The largest absolute Gasteiger partial charge is 0.140 e. The molecule has 0 fully saturated rings. The van der Waals surface area contributed by atoms with Gasteiger partial charge in [-0.05, 0) is 29.7 Å². The van der Waals surface area contributed by atoms with E-state index in [2.05, 4.69) is 73.7 Å². The van der Waals surface area contributed by atoms with Crippen LogP contribution in [0.1, 0.15) is 4.88 Å². The monoisotopic (exact) mass is 250 g/mol. The molecule has 0 spiro atoms. The number of rotatable bonds is 2. The summed E-state index contributed by atoms with van der Waals surface area (Å²) in [6.07, 6.45) is 0. The van der Waals surface area contributed by atoms with Crippen molar-refractivity contribution in [3.63, 3.8) is 0 Å². The van der Waals surface area contributed by atoms with Crippen LogP contribution in [0.5, 0.6) is 0 Å². The van der Waals surface area contributed by atoms with Gasteiger partial charge in [-0.3, -0.25) is 0 Å². The summed E-state index contributed by atoms with van der Waals surface area (Å²) < 4.78 is 0. The Bertz CT molecular complexity index is 636. The van der Waals surface area contributed by atoms with Gasteiger partial charge in [0, 0.05) is 9.75 Å². The van der Waals surface area contributed by atoms with Crippen molar-refractivity contribution >= 4 is 11.3 Å². The van der Waals surface area contributed by atoms with Gasteiger partial charge in [-0.1, -0.05) is 60.7 Å². The van der Waals surface area contributed by atoms with Crippen LogP contribution in [-0.4, -0.2) is 0 Å². The van der Waals surface area contributed by atoms with Gasteiger partial charge in [0.1, 0.15) is 0 Å². The third kappa shape index (κ3) is 2.09. The Morgan fingerprint density at radius 1 is 0.722 bits per heavy atom. The van der Waals surface area contributed by atoms with Crippen LogP contribution in [0.2, 0.25) is 0 Å². The Hall–Kier alpha value is -1.86. The molecule has 0 aliphatic carbocycles. The minimum absolute atomic E-state index is 1.30. The molecular formula is C17H14S. The van der Waals surface area contributed by atoms with E-state index in [1.165, 1.54) is 26.4 Å². The first-order valence-corrected chi connectivity index (χ1v) is 6.87. The lowest BCUT2D eigenvalue weighted by Crippen LogP contribution is -1.74. The summed E-state index contributed by atoms with van der Waals surface area (Å²) in [5, 5.41) is 0. The van der Waals surface area contributed by atoms with E-state index in [4.69, 9.17) is 0 Å². The molecule has 0 saturated heterocycles. The van der Waals surface area contributed by atoms with Gasteiger partial charge < -0.3 is 0 Å². The topological polar surface area (TPSA) is 0 Å². The second-order valence-corrected chi connectivity index (χ2v) is 5.57. The molecule has 0 unspecified atom stereocenters. The zero-order valence-corrected chi connectivity index (χ0v) is 11.1. The molecule has 1 aromatic heterocycles. The quantitative estimate of drug-likeness (QED) is 0.572. The highest BCUT2D eigenvalue weighted by Gasteiger charge is 2.08. The third-order valence-electron chi connectivity index (χ3n) is 3.06. The summed E-state index contributed by atoms with van der Waals surface area (Å²) >= 11 is 1.86. The van der Waals surface area contributed by atoms with Crippen molar-refractivity contribution in [2.45, 2.75) is 6.92 Å². The molecule has 18 heavy (non-hydrogen) atoms. The van der Waals surface area contributed by atoms with Crippen molar-refractivity contribution < 1.29 is 0 Å². The van der Waals surface area contributed by atoms with E-state index in [-0.39, 0.29) is 0 Å². The number of thiophene rings is 1. The van der Waals surface area contributed by atoms with Crippen molar-refractivity contribution in [1.82, 2.24) is 0 Å². The third-order valence-corrected chi connectivity index (χ3v) is 4.16. The second-order valence-electron chi connectivity index (χ2n) is 4.31. The molecule has 0 aliphatic rings. The molecule has 3 aromatic rings. The maximum Gasteiger partial charge on any atom is 0.0351 e. The maximum absolute atomic E-state index is 2.30. The smallest absolute Gasteiger partial charge is 0.0351 e. The Balaban J connectivity index is 2.07. The Morgan fingerprint density at radius 3 is 1.89 bits per heavy atom. The standard InChI is InChI=1S/C17H14S/c1-13-16(14-8-4-2-5-9-14)12-17(18-13)15-10-6-3-7-11-15/h2-12H,1H3. The molecule has 0 atom stereocenters. The summed E-state index contributed by atoms with van der Waals surface area (Å²) in [5.74, 6) is 0. The normalized spacial score (nSPS) is 10.5. The fraction of sp³-hybridized carbons (Fsp3) is 0.0588. The van der Waals surface area contributed by atoms with Gasteiger partial charge in [0.2, 0.25) is 0 Å². The van der Waals surface area contributed by atoms with Crippen LogP contribution in [0.4, 0.5) is 0 Å². The van der Waals surface area contributed by atoms with Crippen LogP contribution >= 0.6 is 11.3 Å². The molecule has 2 aromatic carbocycles. The van der Waals surface area contributed by atoms with Crippen molar-refractivity contribution in [2.24, 2.45) is 0 Å². The number of hydrogen-bond donors (Lipinski definition) is 0. The summed E-state index contributed by atoms with van der Waals surface area (Å²) in [4.78, 5) is 2.71. The lowest BCUT2D eigenvalue weighted by Gasteiger charge is -1.98. The SMILES string of the molecule is Cc1sc(-c2ccccc2)cc1-c1ccccc1. The Kier molecular flexibility index (Phi) is 2.99. The van der Waals surface area contributed by atoms with Crippen LogP contribution in [0.3, 0.4) is 0 Å². The molecule has 1 heterocycles. The highest BCUT2D eigenvalue weighted by Crippen LogP contribution is 2.36. The molecule has 0 radical (unpaired) electrons. The minimum Gasteiger partial charge on any atom is -0.140 e. The maximum atomic E-state index is 2.30. The highest BCUT2D eigenvalue weighted by molar-refractivity contribution is 7.16. The second kappa shape index (κ2) is 4.79. The van der Waals surface area contributed by atoms with Gasteiger partial charge in [-0.15, -0.1) is 11.3 Å². The molecule has 1 heteroatoms. The van der Waals surface area contributed by atoms with E-state index in [0.717, 1.165) is 0 Å². The van der Waals surface area contributed by atoms with Gasteiger partial charge in [-0.25, -0.2) is 0 Å². The zero-order valence-electron chi connectivity index (χ0n) is 10.3. The lowest BCUT2D eigenvalue weighted by molar-refractivity contribution is 1.58. The molecular weight excluding hydrogens is 236 g/mol. The van der Waals surface area contributed by atoms with E-state index < -0.39 is 0 Å². The van der Waals surface area contributed by atoms with Crippen molar-refractivity contribution in [3.8, 4) is 21.6 Å². The van der Waals surface area contributed by atoms with Gasteiger partial charge in [0.05, 0.1) is 0 Å². The van der Waals surface area contributed by atoms with Gasteiger partial charge in [-0.2, -0.15) is 0 Å². The van der Waals surface area contributed by atoms with Crippen molar-refractivity contribution in [2.75, 3.05) is 0 Å². The summed E-state index contributed by atoms with van der Waals surface area (Å²) in [5.41, 5.74) is 3.95. The van der Waals surface area contributed by atoms with Crippen molar-refractivity contribution in [3.05, 3.63) is 71.6 Å². The molecule has 0 aliphatic heterocycles. The summed E-state index contributed by atoms with van der Waals surface area (Å²) in [7, 11) is 0. The first-order chi connectivity index (χ1) is 8.84. The molecule has 0 saturated carbocycles. The first-order valence-electron chi connectivity index (χ1n) is 6.06. The van der Waals surface area contributed by atoms with Crippen LogP contribution in [0.25, 0.3) is 21.6 Å². The van der Waals surface area contributed by atoms with Crippen LogP contribution in [0.15, 0.2) is 66.7 Å². The lowest BCUT2D eigenvalue weighted by atomic mass is 10.1. The molecule has 3 rings (SSSR count). The van der Waals surface area contributed by atoms with E-state index in [0.29, 0.717) is 0 Å². The molecule has 0 bridgehead atoms. The number of hydrogen-bond acceptors (Lipinski definition) is 1. The Labute approximate surface area is 112 Å². The van der Waals surface area contributed by atoms with Crippen molar-refractivity contribution in [1.29, 1.82) is 0 Å². The van der Waals surface area contributed by atoms with Gasteiger partial charge >= 0.3 is 0 Å². The van der Waals surface area contributed by atoms with Gasteiger partial charge in [0.25, 0.3) is 0 Å². The average Bonchev–Trinajstić information content (AvgIpc) is 2.83. The first kappa shape index (κ1) is 11.2. The fourth-order valence-electron chi connectivity index (χ4n) is 2.13. The minimum atomic E-state index is 1.30. The van der Waals surface area contributed by atoms with E-state index in [1.807, 2.05) is 11.3 Å². The van der Waals surface area contributed by atoms with E-state index >= 15 is 0 Å². The summed E-state index contributed by atoms with van der Waals surface area (Å²) in [6.45, 7) is 2.19. The number of aryl methyl sites for hydroxylation is 1.